The molecule has 2 aromatic heterocycles. The fourth-order valence-corrected chi connectivity index (χ4v) is 3.95. The Balaban J connectivity index is 1.49. The minimum atomic E-state index is -0.952. The summed E-state index contributed by atoms with van der Waals surface area (Å²) in [6.45, 7) is 4.64. The van der Waals surface area contributed by atoms with E-state index in [1.807, 2.05) is 25.1 Å². The fourth-order valence-electron chi connectivity index (χ4n) is 3.95. The van der Waals surface area contributed by atoms with E-state index in [1.165, 1.54) is 0 Å². The van der Waals surface area contributed by atoms with Crippen LogP contribution < -0.4 is 0 Å². The molecule has 3 heterocycles. The second kappa shape index (κ2) is 7.94. The molecule has 0 saturated carbocycles. The molecule has 1 aromatic carbocycles. The van der Waals surface area contributed by atoms with Gasteiger partial charge in [0.2, 0.25) is 0 Å². The van der Waals surface area contributed by atoms with Crippen LogP contribution in [0.1, 0.15) is 46.3 Å². The predicted octanol–water partition coefficient (Wildman–Crippen LogP) is 4.12. The van der Waals surface area contributed by atoms with Gasteiger partial charge in [-0.05, 0) is 44.5 Å². The Morgan fingerprint density at radius 3 is 2.86 bits per heavy atom. The van der Waals surface area contributed by atoms with E-state index in [4.69, 9.17) is 4.42 Å². The molecule has 4 rings (SSSR count). The number of carbonyl (C=O) groups is 1. The third-order valence-electron chi connectivity index (χ3n) is 5.28. The molecule has 1 N–H and O–H groups in total. The van der Waals surface area contributed by atoms with Crippen molar-refractivity contribution in [1.82, 2.24) is 14.9 Å². The first-order valence-electron chi connectivity index (χ1n) is 9.53. The summed E-state index contributed by atoms with van der Waals surface area (Å²) >= 11 is 0. The van der Waals surface area contributed by atoms with Crippen molar-refractivity contribution in [3.63, 3.8) is 0 Å². The fraction of sp³-hybridized carbons (Fsp3) is 0.318. The number of aromatic nitrogens is 2. The zero-order valence-corrected chi connectivity index (χ0v) is 15.8. The first-order valence-corrected chi connectivity index (χ1v) is 9.53. The smallest absolute Gasteiger partial charge is 0.336 e. The Bertz CT molecular complexity index is 982. The lowest BCUT2D eigenvalue weighted by molar-refractivity contribution is 0.0697. The largest absolute Gasteiger partial charge is 0.478 e. The van der Waals surface area contributed by atoms with E-state index in [9.17, 15) is 9.90 Å². The molecule has 6 nitrogen and oxygen atoms in total. The lowest BCUT2D eigenvalue weighted by Crippen LogP contribution is -2.34. The van der Waals surface area contributed by atoms with E-state index in [1.54, 1.807) is 30.6 Å². The Kier molecular flexibility index (Phi) is 5.21. The maximum atomic E-state index is 11.5. The van der Waals surface area contributed by atoms with Crippen molar-refractivity contribution in [2.24, 2.45) is 0 Å². The summed E-state index contributed by atoms with van der Waals surface area (Å²) < 4.78 is 5.99. The van der Waals surface area contributed by atoms with Gasteiger partial charge in [0.25, 0.3) is 0 Å². The Labute approximate surface area is 163 Å². The molecule has 0 radical (unpaired) electrons. The molecule has 28 heavy (non-hydrogen) atoms. The Morgan fingerprint density at radius 2 is 2.04 bits per heavy atom. The van der Waals surface area contributed by atoms with Gasteiger partial charge in [-0.3, -0.25) is 14.9 Å². The number of aryl methyl sites for hydroxylation is 1. The van der Waals surface area contributed by atoms with E-state index in [-0.39, 0.29) is 5.56 Å². The second-order valence-corrected chi connectivity index (χ2v) is 7.22. The molecule has 1 saturated heterocycles. The Hall–Kier alpha value is -2.99. The van der Waals surface area contributed by atoms with Gasteiger partial charge in [0, 0.05) is 30.4 Å². The molecule has 144 valence electrons. The van der Waals surface area contributed by atoms with Crippen LogP contribution in [-0.2, 0) is 6.54 Å². The highest BCUT2D eigenvalue weighted by Gasteiger charge is 2.25. The summed E-state index contributed by atoms with van der Waals surface area (Å²) in [5, 5.41) is 9.39. The number of carboxylic acids is 1. The number of likely N-dealkylation sites (tertiary alicyclic amines) is 1. The van der Waals surface area contributed by atoms with Crippen molar-refractivity contribution in [3.8, 4) is 11.3 Å². The molecule has 0 aliphatic carbocycles. The molecule has 1 aliphatic rings. The second-order valence-electron chi connectivity index (χ2n) is 7.22. The maximum absolute atomic E-state index is 11.5. The molecule has 1 unspecified atom stereocenters. The van der Waals surface area contributed by atoms with Crippen molar-refractivity contribution in [1.29, 1.82) is 0 Å². The van der Waals surface area contributed by atoms with Gasteiger partial charge in [-0.25, -0.2) is 4.79 Å². The maximum Gasteiger partial charge on any atom is 0.336 e. The van der Waals surface area contributed by atoms with Crippen molar-refractivity contribution >= 4 is 5.97 Å². The summed E-state index contributed by atoms with van der Waals surface area (Å²) in [6.07, 6.45) is 5.72. The summed E-state index contributed by atoms with van der Waals surface area (Å²) in [5.74, 6) is 0.856. The zero-order valence-electron chi connectivity index (χ0n) is 15.8. The number of hydrogen-bond acceptors (Lipinski definition) is 5. The van der Waals surface area contributed by atoms with Crippen molar-refractivity contribution < 1.29 is 14.3 Å². The van der Waals surface area contributed by atoms with Crippen LogP contribution in [0.15, 0.2) is 53.2 Å². The van der Waals surface area contributed by atoms with Crippen LogP contribution in [0.25, 0.3) is 11.3 Å². The highest BCUT2D eigenvalue weighted by Crippen LogP contribution is 2.30. The minimum Gasteiger partial charge on any atom is -0.478 e. The number of aromatic carboxylic acids is 1. The average Bonchev–Trinajstić information content (AvgIpc) is 3.17. The summed E-state index contributed by atoms with van der Waals surface area (Å²) in [4.78, 5) is 22.7. The van der Waals surface area contributed by atoms with E-state index < -0.39 is 5.97 Å². The molecule has 0 spiro atoms. The van der Waals surface area contributed by atoms with Crippen LogP contribution in [0.3, 0.4) is 0 Å². The minimum absolute atomic E-state index is 0.250. The zero-order chi connectivity index (χ0) is 19.5. The lowest BCUT2D eigenvalue weighted by atomic mass is 9.93. The molecule has 1 aliphatic heterocycles. The van der Waals surface area contributed by atoms with Crippen LogP contribution in [0.2, 0.25) is 0 Å². The van der Waals surface area contributed by atoms with E-state index in [2.05, 4.69) is 14.9 Å². The summed E-state index contributed by atoms with van der Waals surface area (Å²) in [7, 11) is 0. The van der Waals surface area contributed by atoms with Crippen LogP contribution in [0.5, 0.6) is 0 Å². The van der Waals surface area contributed by atoms with Gasteiger partial charge in [-0.15, -0.1) is 0 Å². The average molecular weight is 377 g/mol. The van der Waals surface area contributed by atoms with Crippen molar-refractivity contribution in [2.45, 2.75) is 32.2 Å². The molecule has 6 heteroatoms. The summed E-state index contributed by atoms with van der Waals surface area (Å²) in [5.41, 5.74) is 2.94. The van der Waals surface area contributed by atoms with Crippen molar-refractivity contribution in [2.75, 3.05) is 13.1 Å². The molecule has 3 aromatic rings. The van der Waals surface area contributed by atoms with E-state index >= 15 is 0 Å². The number of carboxylic acid groups (broad SMARTS) is 1. The van der Waals surface area contributed by atoms with Gasteiger partial charge < -0.3 is 9.52 Å². The van der Waals surface area contributed by atoms with Gasteiger partial charge >= 0.3 is 5.97 Å². The molecule has 1 fully saturated rings. The van der Waals surface area contributed by atoms with Gasteiger partial charge in [-0.1, -0.05) is 18.2 Å². The van der Waals surface area contributed by atoms with E-state index in [0.717, 1.165) is 43.1 Å². The number of hydrogen-bond donors (Lipinski definition) is 1. The highest BCUT2D eigenvalue weighted by molar-refractivity contribution is 5.95. The van der Waals surface area contributed by atoms with Gasteiger partial charge in [0.15, 0.2) is 0 Å². The highest BCUT2D eigenvalue weighted by atomic mass is 16.4. The molecule has 0 bridgehead atoms. The van der Waals surface area contributed by atoms with Crippen LogP contribution in [0, 0.1) is 6.92 Å². The van der Waals surface area contributed by atoms with Gasteiger partial charge in [0.05, 0.1) is 23.5 Å². The van der Waals surface area contributed by atoms with Gasteiger partial charge in [0.1, 0.15) is 11.5 Å². The first-order chi connectivity index (χ1) is 13.6. The normalized spacial score (nSPS) is 17.5. The monoisotopic (exact) mass is 377 g/mol. The van der Waals surface area contributed by atoms with Crippen LogP contribution in [-0.4, -0.2) is 39.0 Å². The molecular weight excluding hydrogens is 354 g/mol. The number of rotatable bonds is 5. The van der Waals surface area contributed by atoms with Gasteiger partial charge in [-0.2, -0.15) is 0 Å². The molecule has 0 amide bonds. The predicted molar refractivity (Wildman–Crippen MR) is 105 cm³/mol. The SMILES string of the molecule is Cc1nccnc1C1CCCN(Cc2ccc(-c3ccccc3C(=O)O)o2)C1. The van der Waals surface area contributed by atoms with E-state index in [0.29, 0.717) is 23.8 Å². The molecule has 1 atom stereocenters. The topological polar surface area (TPSA) is 79.5 Å². The number of furan rings is 1. The number of nitrogens with zero attached hydrogens (tertiary/aromatic N) is 3. The number of benzene rings is 1. The standard InChI is InChI=1S/C22H23N3O3/c1-15-21(24-11-10-23-15)16-5-4-12-25(13-16)14-17-8-9-20(28-17)18-6-2-3-7-19(18)22(26)27/h2-3,6-11,16H,4-5,12-14H2,1H3,(H,26,27). The first kappa shape index (κ1) is 18.4. The van der Waals surface area contributed by atoms with Crippen molar-refractivity contribution in [3.05, 3.63) is 71.5 Å². The number of piperidine rings is 1. The third kappa shape index (κ3) is 3.82. The van der Waals surface area contributed by atoms with Crippen LogP contribution >= 0.6 is 0 Å². The quantitative estimate of drug-likeness (QED) is 0.720. The third-order valence-corrected chi connectivity index (χ3v) is 5.28. The summed E-state index contributed by atoms with van der Waals surface area (Å²) in [6, 6.07) is 10.7. The molecular formula is C22H23N3O3. The Morgan fingerprint density at radius 1 is 1.21 bits per heavy atom. The lowest BCUT2D eigenvalue weighted by Gasteiger charge is -2.32. The van der Waals surface area contributed by atoms with Crippen LogP contribution in [0.4, 0.5) is 0 Å².